The van der Waals surface area contributed by atoms with Crippen LogP contribution >= 0.6 is 0 Å². The van der Waals surface area contributed by atoms with Gasteiger partial charge in [0.15, 0.2) is 17.3 Å². The smallest absolute Gasteiger partial charge is 0.331 e. The first-order valence-electron chi connectivity index (χ1n) is 7.52. The van der Waals surface area contributed by atoms with Gasteiger partial charge in [0, 0.05) is 12.1 Å². The van der Waals surface area contributed by atoms with E-state index in [0.717, 1.165) is 5.56 Å². The first-order valence-corrected chi connectivity index (χ1v) is 7.52. The highest BCUT2D eigenvalue weighted by Gasteiger charge is 2.13. The van der Waals surface area contributed by atoms with Crippen LogP contribution < -0.4 is 9.47 Å². The molecule has 3 heterocycles. The number of hydrogen-bond donors (Lipinski definition) is 0. The average molecular weight is 339 g/mol. The Labute approximate surface area is 142 Å². The van der Waals surface area contributed by atoms with Gasteiger partial charge in [-0.15, -0.1) is 0 Å². The van der Waals surface area contributed by atoms with E-state index in [9.17, 15) is 4.79 Å². The number of nitrogens with zero attached hydrogens (tertiary/aromatic N) is 1. The van der Waals surface area contributed by atoms with Gasteiger partial charge in [-0.1, -0.05) is 11.2 Å². The van der Waals surface area contributed by atoms with E-state index in [-0.39, 0.29) is 13.4 Å². The van der Waals surface area contributed by atoms with E-state index in [1.165, 1.54) is 6.08 Å². The van der Waals surface area contributed by atoms with Crippen LogP contribution in [0.15, 0.2) is 57.7 Å². The Bertz CT molecular complexity index is 910. The van der Waals surface area contributed by atoms with E-state index < -0.39 is 5.97 Å². The zero-order valence-corrected chi connectivity index (χ0v) is 13.0. The number of esters is 1. The highest BCUT2D eigenvalue weighted by Crippen LogP contribution is 2.32. The molecule has 0 saturated heterocycles. The topological polar surface area (TPSA) is 83.9 Å². The van der Waals surface area contributed by atoms with E-state index in [4.69, 9.17) is 23.2 Å². The first-order chi connectivity index (χ1) is 12.3. The molecular formula is C18H13NO6. The summed E-state index contributed by atoms with van der Waals surface area (Å²) in [6, 6.07) is 10.6. The number of rotatable bonds is 5. The molecule has 3 aromatic rings. The highest BCUT2D eigenvalue weighted by molar-refractivity contribution is 5.87. The number of furan rings is 1. The first kappa shape index (κ1) is 15.1. The third-order valence-corrected chi connectivity index (χ3v) is 3.49. The average Bonchev–Trinajstić information content (AvgIpc) is 3.38. The summed E-state index contributed by atoms with van der Waals surface area (Å²) in [7, 11) is 0. The standard InChI is InChI=1S/C18H13NO6/c20-18(6-4-12-3-5-15-16(8-12)24-11-23-15)22-10-13-9-17(25-19-13)14-2-1-7-21-14/h1-9H,10-11H2/b6-4+. The van der Waals surface area contributed by atoms with Crippen molar-refractivity contribution in [3.05, 3.63) is 60.0 Å². The van der Waals surface area contributed by atoms with Gasteiger partial charge in [0.25, 0.3) is 0 Å². The van der Waals surface area contributed by atoms with Crippen molar-refractivity contribution in [1.82, 2.24) is 5.16 Å². The fourth-order valence-corrected chi connectivity index (χ4v) is 2.29. The van der Waals surface area contributed by atoms with Crippen LogP contribution in [0.1, 0.15) is 11.3 Å². The molecule has 0 aliphatic carbocycles. The molecule has 7 nitrogen and oxygen atoms in total. The Morgan fingerprint density at radius 3 is 2.96 bits per heavy atom. The monoisotopic (exact) mass is 339 g/mol. The van der Waals surface area contributed by atoms with E-state index >= 15 is 0 Å². The predicted molar refractivity (Wildman–Crippen MR) is 85.6 cm³/mol. The SMILES string of the molecule is O=C(/C=C/c1ccc2c(c1)OCO2)OCc1cc(-c2ccco2)on1. The van der Waals surface area contributed by atoms with E-state index in [2.05, 4.69) is 5.16 Å². The van der Waals surface area contributed by atoms with E-state index in [1.807, 2.05) is 6.07 Å². The minimum absolute atomic E-state index is 0.00845. The summed E-state index contributed by atoms with van der Waals surface area (Å²) in [5.41, 5.74) is 1.30. The molecule has 0 radical (unpaired) electrons. The van der Waals surface area contributed by atoms with Gasteiger partial charge in [-0.05, 0) is 35.9 Å². The Morgan fingerprint density at radius 2 is 2.08 bits per heavy atom. The van der Waals surface area contributed by atoms with Gasteiger partial charge in [-0.25, -0.2) is 4.79 Å². The second-order valence-corrected chi connectivity index (χ2v) is 5.21. The van der Waals surface area contributed by atoms with Crippen molar-refractivity contribution in [3.63, 3.8) is 0 Å². The fourth-order valence-electron chi connectivity index (χ4n) is 2.29. The van der Waals surface area contributed by atoms with E-state index in [0.29, 0.717) is 28.7 Å². The molecule has 0 fully saturated rings. The van der Waals surface area contributed by atoms with Crippen molar-refractivity contribution in [2.24, 2.45) is 0 Å². The molecule has 2 aromatic heterocycles. The Morgan fingerprint density at radius 1 is 1.16 bits per heavy atom. The molecule has 1 aliphatic rings. The maximum absolute atomic E-state index is 11.8. The maximum atomic E-state index is 11.8. The summed E-state index contributed by atoms with van der Waals surface area (Å²) in [6.45, 7) is 0.219. The lowest BCUT2D eigenvalue weighted by Gasteiger charge is -1.99. The van der Waals surface area contributed by atoms with Crippen molar-refractivity contribution < 1.29 is 27.9 Å². The number of aromatic nitrogens is 1. The molecule has 25 heavy (non-hydrogen) atoms. The molecule has 0 amide bonds. The van der Waals surface area contributed by atoms with Crippen LogP contribution in [0.4, 0.5) is 0 Å². The van der Waals surface area contributed by atoms with Crippen molar-refractivity contribution in [3.8, 4) is 23.0 Å². The van der Waals surface area contributed by atoms with Gasteiger partial charge in [-0.2, -0.15) is 0 Å². The molecule has 0 bridgehead atoms. The summed E-state index contributed by atoms with van der Waals surface area (Å²) in [4.78, 5) is 11.8. The third-order valence-electron chi connectivity index (χ3n) is 3.49. The summed E-state index contributed by atoms with van der Waals surface area (Å²) < 4.78 is 26.0. The largest absolute Gasteiger partial charge is 0.461 e. The minimum atomic E-state index is -0.486. The molecule has 4 rings (SSSR count). The molecule has 0 N–H and O–H groups in total. The van der Waals surface area contributed by atoms with Crippen LogP contribution in [0.25, 0.3) is 17.6 Å². The number of carbonyl (C=O) groups excluding carboxylic acids is 1. The van der Waals surface area contributed by atoms with Gasteiger partial charge < -0.3 is 23.2 Å². The van der Waals surface area contributed by atoms with Gasteiger partial charge in [-0.3, -0.25) is 0 Å². The zero-order valence-electron chi connectivity index (χ0n) is 13.0. The second kappa shape index (κ2) is 6.56. The third kappa shape index (κ3) is 3.40. The van der Waals surface area contributed by atoms with Crippen molar-refractivity contribution in [2.45, 2.75) is 6.61 Å². The highest BCUT2D eigenvalue weighted by atomic mass is 16.7. The van der Waals surface area contributed by atoms with Gasteiger partial charge in [0.05, 0.1) is 6.26 Å². The number of ether oxygens (including phenoxy) is 3. The summed E-state index contributed by atoms with van der Waals surface area (Å²) in [5, 5.41) is 3.83. The number of fused-ring (bicyclic) bond motifs is 1. The van der Waals surface area contributed by atoms with Crippen LogP contribution in [-0.4, -0.2) is 17.9 Å². The van der Waals surface area contributed by atoms with Crippen LogP contribution in [-0.2, 0) is 16.1 Å². The normalized spacial score (nSPS) is 12.6. The van der Waals surface area contributed by atoms with Crippen LogP contribution in [0, 0.1) is 0 Å². The quantitative estimate of drug-likeness (QED) is 0.520. The minimum Gasteiger partial charge on any atom is -0.461 e. The van der Waals surface area contributed by atoms with Crippen molar-refractivity contribution in [1.29, 1.82) is 0 Å². The molecular weight excluding hydrogens is 326 g/mol. The van der Waals surface area contributed by atoms with Crippen LogP contribution in [0.5, 0.6) is 11.5 Å². The van der Waals surface area contributed by atoms with E-state index in [1.54, 1.807) is 42.7 Å². The van der Waals surface area contributed by atoms with Crippen LogP contribution in [0.2, 0.25) is 0 Å². The van der Waals surface area contributed by atoms with Gasteiger partial charge in [0.2, 0.25) is 12.6 Å². The molecule has 0 atom stereocenters. The molecule has 1 aliphatic heterocycles. The zero-order chi connectivity index (χ0) is 17.1. The molecule has 126 valence electrons. The van der Waals surface area contributed by atoms with Gasteiger partial charge in [0.1, 0.15) is 12.3 Å². The lowest BCUT2D eigenvalue weighted by Crippen LogP contribution is -2.00. The number of hydrogen-bond acceptors (Lipinski definition) is 7. The molecule has 1 aromatic carbocycles. The van der Waals surface area contributed by atoms with Crippen molar-refractivity contribution >= 4 is 12.0 Å². The van der Waals surface area contributed by atoms with Gasteiger partial charge >= 0.3 is 5.97 Å². The lowest BCUT2D eigenvalue weighted by molar-refractivity contribution is -0.139. The molecule has 0 unspecified atom stereocenters. The van der Waals surface area contributed by atoms with Crippen molar-refractivity contribution in [2.75, 3.05) is 6.79 Å². The predicted octanol–water partition coefficient (Wildman–Crippen LogP) is 3.42. The lowest BCUT2D eigenvalue weighted by atomic mass is 10.2. The molecule has 0 spiro atoms. The Balaban J connectivity index is 1.33. The number of benzene rings is 1. The summed E-state index contributed by atoms with van der Waals surface area (Å²) in [5.74, 6) is 1.90. The Hall–Kier alpha value is -3.48. The second-order valence-electron chi connectivity index (χ2n) is 5.21. The van der Waals surface area contributed by atoms with Crippen LogP contribution in [0.3, 0.4) is 0 Å². The summed E-state index contributed by atoms with van der Waals surface area (Å²) in [6.07, 6.45) is 4.52. The fraction of sp³-hybridized carbons (Fsp3) is 0.111. The molecule has 0 saturated carbocycles. The number of carbonyl (C=O) groups is 1. The summed E-state index contributed by atoms with van der Waals surface area (Å²) >= 11 is 0. The molecule has 7 heteroatoms. The Kier molecular flexibility index (Phi) is 3.96. The maximum Gasteiger partial charge on any atom is 0.331 e.